The highest BCUT2D eigenvalue weighted by atomic mass is 127. The summed E-state index contributed by atoms with van der Waals surface area (Å²) in [6.07, 6.45) is 3.55. The lowest BCUT2D eigenvalue weighted by Crippen LogP contribution is -2.48. The number of methoxy groups -OCH3 is 1. The number of aliphatic imine (C=N–C) groups is 1. The topological polar surface area (TPSA) is 48.9 Å². The highest BCUT2D eigenvalue weighted by Gasteiger charge is 2.19. The second-order valence-corrected chi connectivity index (χ2v) is 6.85. The fourth-order valence-electron chi connectivity index (χ4n) is 3.14. The van der Waals surface area contributed by atoms with Crippen LogP contribution in [0.25, 0.3) is 0 Å². The SMILES string of the molecule is CCCN1CCC(NC(=NCc2ccc(Cl)cc2OC)NCC)CC1.I. The van der Waals surface area contributed by atoms with E-state index in [0.29, 0.717) is 17.6 Å². The van der Waals surface area contributed by atoms with Crippen LogP contribution < -0.4 is 15.4 Å². The van der Waals surface area contributed by atoms with Crippen LogP contribution in [0.1, 0.15) is 38.7 Å². The molecule has 0 aromatic heterocycles. The van der Waals surface area contributed by atoms with Crippen molar-refractivity contribution in [3.8, 4) is 5.75 Å². The summed E-state index contributed by atoms with van der Waals surface area (Å²) >= 11 is 6.03. The first-order chi connectivity index (χ1) is 12.2. The van der Waals surface area contributed by atoms with Gasteiger partial charge in [0, 0.05) is 36.3 Å². The molecule has 0 unspecified atom stereocenters. The van der Waals surface area contributed by atoms with Crippen LogP contribution in [0.3, 0.4) is 0 Å². The van der Waals surface area contributed by atoms with Crippen molar-refractivity contribution in [1.82, 2.24) is 15.5 Å². The van der Waals surface area contributed by atoms with Crippen LogP contribution in [-0.4, -0.2) is 50.2 Å². The number of piperidine rings is 1. The van der Waals surface area contributed by atoms with Gasteiger partial charge in [0.1, 0.15) is 5.75 Å². The molecule has 0 bridgehead atoms. The number of halogens is 2. The Morgan fingerprint density at radius 1 is 1.31 bits per heavy atom. The zero-order valence-electron chi connectivity index (χ0n) is 16.1. The first-order valence-corrected chi connectivity index (χ1v) is 9.63. The Morgan fingerprint density at radius 2 is 2.04 bits per heavy atom. The van der Waals surface area contributed by atoms with E-state index in [1.807, 2.05) is 18.2 Å². The number of rotatable bonds is 7. The predicted octanol–water partition coefficient (Wildman–Crippen LogP) is 3.90. The van der Waals surface area contributed by atoms with Gasteiger partial charge < -0.3 is 20.3 Å². The molecule has 7 heteroatoms. The first kappa shape index (κ1) is 23.3. The van der Waals surface area contributed by atoms with Gasteiger partial charge >= 0.3 is 0 Å². The number of nitrogens with zero attached hydrogens (tertiary/aromatic N) is 2. The number of nitrogens with one attached hydrogen (secondary N) is 2. The zero-order chi connectivity index (χ0) is 18.1. The lowest BCUT2D eigenvalue weighted by molar-refractivity contribution is 0.206. The molecule has 0 radical (unpaired) electrons. The van der Waals surface area contributed by atoms with Gasteiger partial charge in [-0.1, -0.05) is 24.6 Å². The molecule has 26 heavy (non-hydrogen) atoms. The van der Waals surface area contributed by atoms with Crippen molar-refractivity contribution in [1.29, 1.82) is 0 Å². The fraction of sp³-hybridized carbons (Fsp3) is 0.632. The second-order valence-electron chi connectivity index (χ2n) is 6.41. The van der Waals surface area contributed by atoms with E-state index in [-0.39, 0.29) is 24.0 Å². The summed E-state index contributed by atoms with van der Waals surface area (Å²) in [6, 6.07) is 6.16. The number of hydrogen-bond acceptors (Lipinski definition) is 3. The van der Waals surface area contributed by atoms with Gasteiger partial charge in [0.25, 0.3) is 0 Å². The Kier molecular flexibility index (Phi) is 11.3. The van der Waals surface area contributed by atoms with Crippen LogP contribution >= 0.6 is 35.6 Å². The Balaban J connectivity index is 0.00000338. The molecule has 1 aliphatic rings. The minimum atomic E-state index is 0. The molecule has 0 spiro atoms. The summed E-state index contributed by atoms with van der Waals surface area (Å²) in [5, 5.41) is 7.60. The van der Waals surface area contributed by atoms with E-state index in [9.17, 15) is 0 Å². The van der Waals surface area contributed by atoms with Gasteiger partial charge in [0.15, 0.2) is 5.96 Å². The van der Waals surface area contributed by atoms with Crippen LogP contribution in [0.5, 0.6) is 5.75 Å². The second kappa shape index (κ2) is 12.6. The zero-order valence-corrected chi connectivity index (χ0v) is 19.1. The summed E-state index contributed by atoms with van der Waals surface area (Å²) in [6.45, 7) is 9.26. The summed E-state index contributed by atoms with van der Waals surface area (Å²) < 4.78 is 5.40. The number of hydrogen-bond donors (Lipinski definition) is 2. The van der Waals surface area contributed by atoms with E-state index in [0.717, 1.165) is 49.7 Å². The minimum Gasteiger partial charge on any atom is -0.496 e. The van der Waals surface area contributed by atoms with Crippen molar-refractivity contribution in [3.63, 3.8) is 0 Å². The maximum absolute atomic E-state index is 6.03. The van der Waals surface area contributed by atoms with Crippen molar-refractivity contribution in [2.24, 2.45) is 4.99 Å². The molecule has 2 N–H and O–H groups in total. The van der Waals surface area contributed by atoms with Crippen molar-refractivity contribution in [2.75, 3.05) is 33.3 Å². The van der Waals surface area contributed by atoms with E-state index in [1.165, 1.54) is 13.0 Å². The lowest BCUT2D eigenvalue weighted by atomic mass is 10.1. The molecule has 1 aromatic carbocycles. The third kappa shape index (κ3) is 7.48. The van der Waals surface area contributed by atoms with Crippen LogP contribution in [0, 0.1) is 0 Å². The molecule has 2 rings (SSSR count). The predicted molar refractivity (Wildman–Crippen MR) is 121 cm³/mol. The van der Waals surface area contributed by atoms with E-state index in [1.54, 1.807) is 7.11 Å². The molecule has 1 heterocycles. The van der Waals surface area contributed by atoms with Crippen molar-refractivity contribution >= 4 is 41.5 Å². The Hall–Kier alpha value is -0.730. The molecule has 148 valence electrons. The van der Waals surface area contributed by atoms with Gasteiger partial charge in [-0.3, -0.25) is 0 Å². The lowest BCUT2D eigenvalue weighted by Gasteiger charge is -2.32. The Bertz CT molecular complexity index is 562. The van der Waals surface area contributed by atoms with E-state index in [4.69, 9.17) is 21.3 Å². The van der Waals surface area contributed by atoms with E-state index < -0.39 is 0 Å². The van der Waals surface area contributed by atoms with Crippen molar-refractivity contribution < 1.29 is 4.74 Å². The first-order valence-electron chi connectivity index (χ1n) is 9.25. The minimum absolute atomic E-state index is 0. The maximum Gasteiger partial charge on any atom is 0.191 e. The Morgan fingerprint density at radius 3 is 2.65 bits per heavy atom. The monoisotopic (exact) mass is 494 g/mol. The van der Waals surface area contributed by atoms with Gasteiger partial charge in [-0.25, -0.2) is 4.99 Å². The van der Waals surface area contributed by atoms with E-state index >= 15 is 0 Å². The number of ether oxygens (including phenoxy) is 1. The molecule has 1 aromatic rings. The average Bonchev–Trinajstić information content (AvgIpc) is 2.62. The van der Waals surface area contributed by atoms with Gasteiger partial charge in [-0.2, -0.15) is 0 Å². The smallest absolute Gasteiger partial charge is 0.191 e. The quantitative estimate of drug-likeness (QED) is 0.343. The third-order valence-corrected chi connectivity index (χ3v) is 4.70. The molecule has 0 amide bonds. The summed E-state index contributed by atoms with van der Waals surface area (Å²) in [5.74, 6) is 1.65. The molecular weight excluding hydrogens is 463 g/mol. The Labute approximate surface area is 179 Å². The normalized spacial score (nSPS) is 16.1. The van der Waals surface area contributed by atoms with Crippen LogP contribution in [0.2, 0.25) is 5.02 Å². The van der Waals surface area contributed by atoms with Gasteiger partial charge in [0.05, 0.1) is 13.7 Å². The van der Waals surface area contributed by atoms with Crippen LogP contribution in [0.4, 0.5) is 0 Å². The van der Waals surface area contributed by atoms with E-state index in [2.05, 4.69) is 29.4 Å². The van der Waals surface area contributed by atoms with Crippen LogP contribution in [-0.2, 0) is 6.54 Å². The molecule has 0 atom stereocenters. The standard InChI is InChI=1S/C19H31ClN4O.HI/c1-4-10-24-11-8-17(9-12-24)23-19(21-5-2)22-14-15-6-7-16(20)13-18(15)25-3;/h6-7,13,17H,4-5,8-12,14H2,1-3H3,(H2,21,22,23);1H. The largest absolute Gasteiger partial charge is 0.496 e. The molecule has 1 saturated heterocycles. The number of benzene rings is 1. The van der Waals surface area contributed by atoms with Crippen molar-refractivity contribution in [3.05, 3.63) is 28.8 Å². The summed E-state index contributed by atoms with van der Waals surface area (Å²) in [5.41, 5.74) is 1.03. The molecule has 0 saturated carbocycles. The molecular formula is C19H32ClIN4O. The number of guanidine groups is 1. The summed E-state index contributed by atoms with van der Waals surface area (Å²) in [7, 11) is 1.66. The highest BCUT2D eigenvalue weighted by Crippen LogP contribution is 2.23. The van der Waals surface area contributed by atoms with Crippen LogP contribution in [0.15, 0.2) is 23.2 Å². The average molecular weight is 495 g/mol. The van der Waals surface area contributed by atoms with Gasteiger partial charge in [-0.05, 0) is 44.9 Å². The molecule has 1 aliphatic heterocycles. The molecule has 0 aliphatic carbocycles. The van der Waals surface area contributed by atoms with Crippen molar-refractivity contribution in [2.45, 2.75) is 45.7 Å². The van der Waals surface area contributed by atoms with Gasteiger partial charge in [0.2, 0.25) is 0 Å². The fourth-order valence-corrected chi connectivity index (χ4v) is 3.31. The summed E-state index contributed by atoms with van der Waals surface area (Å²) in [4.78, 5) is 7.27. The number of likely N-dealkylation sites (tertiary alicyclic amines) is 1. The third-order valence-electron chi connectivity index (χ3n) is 4.47. The molecule has 5 nitrogen and oxygen atoms in total. The van der Waals surface area contributed by atoms with Gasteiger partial charge in [-0.15, -0.1) is 24.0 Å². The highest BCUT2D eigenvalue weighted by molar-refractivity contribution is 14.0. The maximum atomic E-state index is 6.03. The molecule has 1 fully saturated rings.